The van der Waals surface area contributed by atoms with Gasteiger partial charge in [-0.15, -0.1) is 0 Å². The highest BCUT2D eigenvalue weighted by Crippen LogP contribution is 2.61. The minimum atomic E-state index is -1.78. The minimum absolute atomic E-state index is 0.0384. The van der Waals surface area contributed by atoms with Gasteiger partial charge in [0.2, 0.25) is 0 Å². The van der Waals surface area contributed by atoms with Crippen LogP contribution in [-0.2, 0) is 9.53 Å². The number of carbonyl (C=O) groups is 1. The van der Waals surface area contributed by atoms with Crippen molar-refractivity contribution < 1.29 is 9.53 Å². The van der Waals surface area contributed by atoms with Gasteiger partial charge in [0.1, 0.15) is 0 Å². The summed E-state index contributed by atoms with van der Waals surface area (Å²) in [5.74, 6) is -1.51. The highest BCUT2D eigenvalue weighted by Gasteiger charge is 2.64. The molecule has 0 radical (unpaired) electrons. The first-order valence-electron chi connectivity index (χ1n) is 7.00. The fourth-order valence-electron chi connectivity index (χ4n) is 3.58. The molecule has 2 aliphatic carbocycles. The van der Waals surface area contributed by atoms with Crippen LogP contribution in [0.5, 0.6) is 0 Å². The lowest BCUT2D eigenvalue weighted by Crippen LogP contribution is -2.52. The van der Waals surface area contributed by atoms with Gasteiger partial charge in [-0.2, -0.15) is 21.0 Å². The van der Waals surface area contributed by atoms with Crippen LogP contribution in [0.4, 0.5) is 0 Å². The van der Waals surface area contributed by atoms with Gasteiger partial charge in [0.25, 0.3) is 0 Å². The normalized spacial score (nSPS) is 27.0. The maximum Gasteiger partial charge on any atom is 0.313 e. The van der Waals surface area contributed by atoms with E-state index in [1.807, 2.05) is 24.3 Å². The molecule has 0 saturated heterocycles. The summed E-state index contributed by atoms with van der Waals surface area (Å²) in [4.78, 5) is 12.0. The summed E-state index contributed by atoms with van der Waals surface area (Å²) in [7, 11) is 0. The van der Waals surface area contributed by atoms with Crippen LogP contribution >= 0.6 is 0 Å². The van der Waals surface area contributed by atoms with E-state index in [9.17, 15) is 25.8 Å². The fourth-order valence-corrected chi connectivity index (χ4v) is 3.58. The summed E-state index contributed by atoms with van der Waals surface area (Å²) < 4.78 is 5.01. The van der Waals surface area contributed by atoms with Crippen LogP contribution in [0.3, 0.4) is 0 Å². The van der Waals surface area contributed by atoms with Gasteiger partial charge in [-0.25, -0.2) is 0 Å². The van der Waals surface area contributed by atoms with E-state index in [2.05, 4.69) is 0 Å². The number of nitriles is 4. The van der Waals surface area contributed by atoms with E-state index < -0.39 is 22.7 Å². The summed E-state index contributed by atoms with van der Waals surface area (Å²) in [6, 6.07) is 7.56. The lowest BCUT2D eigenvalue weighted by Gasteiger charge is -2.49. The van der Waals surface area contributed by atoms with Gasteiger partial charge >= 0.3 is 5.97 Å². The monoisotopic (exact) mass is 294 g/mol. The summed E-state index contributed by atoms with van der Waals surface area (Å²) in [6.07, 6.45) is 0.466. The number of esters is 1. The van der Waals surface area contributed by atoms with Gasteiger partial charge in [-0.1, -0.05) is 18.1 Å². The molecule has 0 saturated carbocycles. The third-order valence-electron chi connectivity index (χ3n) is 4.81. The standard InChI is InChI=1S/C16H14N4O2/c1-3-22-14(21)12-4-11-5-15(6-17,7-18)16(8-19,9-20)10(2)13(11)12/h10,12H,3-5H2,1-2H3/t10-,12?/m1/s1. The Labute approximate surface area is 128 Å². The van der Waals surface area contributed by atoms with E-state index in [0.29, 0.717) is 12.0 Å². The van der Waals surface area contributed by atoms with Gasteiger partial charge in [0.15, 0.2) is 10.8 Å². The second-order valence-corrected chi connectivity index (χ2v) is 5.63. The van der Waals surface area contributed by atoms with Crippen molar-refractivity contribution >= 4 is 5.97 Å². The zero-order valence-corrected chi connectivity index (χ0v) is 12.4. The molecule has 0 fully saturated rings. The van der Waals surface area contributed by atoms with E-state index in [1.54, 1.807) is 13.8 Å². The predicted octanol–water partition coefficient (Wildman–Crippen LogP) is 1.97. The van der Waals surface area contributed by atoms with Crippen molar-refractivity contribution in [2.24, 2.45) is 22.7 Å². The van der Waals surface area contributed by atoms with E-state index in [4.69, 9.17) is 4.74 Å². The molecular weight excluding hydrogens is 280 g/mol. The molecule has 0 N–H and O–H groups in total. The molecular formula is C16H14N4O2. The maximum absolute atomic E-state index is 12.0. The lowest BCUT2D eigenvalue weighted by atomic mass is 9.47. The Balaban J connectivity index is 2.55. The SMILES string of the molecule is CCOC(=O)C1CC2=C1[C@@H](C)C(C#N)(C#N)C(C#N)(C#N)C2. The molecule has 0 spiro atoms. The molecule has 0 aromatic heterocycles. The van der Waals surface area contributed by atoms with E-state index in [0.717, 1.165) is 5.57 Å². The van der Waals surface area contributed by atoms with Crippen LogP contribution in [0.25, 0.3) is 0 Å². The first kappa shape index (κ1) is 15.6. The Hall–Kier alpha value is -2.83. The molecule has 22 heavy (non-hydrogen) atoms. The summed E-state index contributed by atoms with van der Waals surface area (Å²) in [6.45, 7) is 3.60. The molecule has 6 heteroatoms. The number of nitrogens with zero attached hydrogens (tertiary/aromatic N) is 4. The van der Waals surface area contributed by atoms with E-state index in [1.165, 1.54) is 0 Å². The molecule has 0 aromatic carbocycles. The van der Waals surface area contributed by atoms with Crippen molar-refractivity contribution in [2.45, 2.75) is 26.7 Å². The molecule has 0 amide bonds. The van der Waals surface area contributed by atoms with Crippen LogP contribution in [0.15, 0.2) is 11.1 Å². The van der Waals surface area contributed by atoms with Crippen LogP contribution in [-0.4, -0.2) is 12.6 Å². The summed E-state index contributed by atoms with van der Waals surface area (Å²) in [5, 5.41) is 38.0. The second kappa shape index (κ2) is 5.18. The maximum atomic E-state index is 12.0. The molecule has 6 nitrogen and oxygen atoms in total. The average Bonchev–Trinajstić information content (AvgIpc) is 2.49. The second-order valence-electron chi connectivity index (χ2n) is 5.63. The van der Waals surface area contributed by atoms with Gasteiger partial charge < -0.3 is 4.74 Å². The van der Waals surface area contributed by atoms with Gasteiger partial charge in [-0.05, 0) is 13.3 Å². The number of allylic oxidation sites excluding steroid dienone is 1. The Bertz CT molecular complexity index is 695. The Morgan fingerprint density at radius 3 is 2.27 bits per heavy atom. The topological polar surface area (TPSA) is 121 Å². The predicted molar refractivity (Wildman–Crippen MR) is 72.9 cm³/mol. The molecule has 2 rings (SSSR count). The molecule has 110 valence electrons. The first-order valence-corrected chi connectivity index (χ1v) is 7.00. The zero-order valence-electron chi connectivity index (χ0n) is 12.4. The lowest BCUT2D eigenvalue weighted by molar-refractivity contribution is -0.148. The third kappa shape index (κ3) is 1.65. The fraction of sp³-hybridized carbons (Fsp3) is 0.562. The van der Waals surface area contributed by atoms with Crippen molar-refractivity contribution in [3.8, 4) is 24.3 Å². The van der Waals surface area contributed by atoms with Gasteiger partial charge in [-0.3, -0.25) is 4.79 Å². The quantitative estimate of drug-likeness (QED) is 0.566. The average molecular weight is 294 g/mol. The molecule has 0 aliphatic heterocycles. The Morgan fingerprint density at radius 1 is 1.23 bits per heavy atom. The molecule has 1 unspecified atom stereocenters. The van der Waals surface area contributed by atoms with Crippen LogP contribution in [0, 0.1) is 68.0 Å². The first-order chi connectivity index (χ1) is 10.5. The highest BCUT2D eigenvalue weighted by molar-refractivity contribution is 5.80. The zero-order chi connectivity index (χ0) is 16.5. The highest BCUT2D eigenvalue weighted by atomic mass is 16.5. The van der Waals surface area contributed by atoms with Gasteiger partial charge in [0, 0.05) is 12.3 Å². The molecule has 0 heterocycles. The van der Waals surface area contributed by atoms with Crippen molar-refractivity contribution in [1.29, 1.82) is 21.0 Å². The number of carbonyl (C=O) groups excluding carboxylic acids is 1. The number of hydrogen-bond acceptors (Lipinski definition) is 6. The summed E-state index contributed by atoms with van der Waals surface area (Å²) >= 11 is 0. The number of ether oxygens (including phenoxy) is 1. The van der Waals surface area contributed by atoms with Crippen LogP contribution < -0.4 is 0 Å². The number of rotatable bonds is 2. The molecule has 0 aromatic rings. The minimum Gasteiger partial charge on any atom is -0.466 e. The van der Waals surface area contributed by atoms with Crippen LogP contribution in [0.2, 0.25) is 0 Å². The molecule has 0 bridgehead atoms. The smallest absolute Gasteiger partial charge is 0.313 e. The van der Waals surface area contributed by atoms with Crippen molar-refractivity contribution in [1.82, 2.24) is 0 Å². The van der Waals surface area contributed by atoms with Gasteiger partial charge in [0.05, 0.1) is 36.8 Å². The van der Waals surface area contributed by atoms with Crippen molar-refractivity contribution in [2.75, 3.05) is 6.61 Å². The van der Waals surface area contributed by atoms with E-state index >= 15 is 0 Å². The third-order valence-corrected chi connectivity index (χ3v) is 4.81. The van der Waals surface area contributed by atoms with Crippen LogP contribution in [0.1, 0.15) is 26.7 Å². The Morgan fingerprint density at radius 2 is 1.82 bits per heavy atom. The van der Waals surface area contributed by atoms with Crippen molar-refractivity contribution in [3.05, 3.63) is 11.1 Å². The molecule has 2 aliphatic rings. The largest absolute Gasteiger partial charge is 0.466 e. The summed E-state index contributed by atoms with van der Waals surface area (Å²) in [5.41, 5.74) is -1.95. The number of hydrogen-bond donors (Lipinski definition) is 0. The van der Waals surface area contributed by atoms with E-state index in [-0.39, 0.29) is 19.0 Å². The Kier molecular flexibility index (Phi) is 3.66. The van der Waals surface area contributed by atoms with Crippen molar-refractivity contribution in [3.63, 3.8) is 0 Å². The molecule has 2 atom stereocenters.